The summed E-state index contributed by atoms with van der Waals surface area (Å²) >= 11 is 3.58. The summed E-state index contributed by atoms with van der Waals surface area (Å²) in [6, 6.07) is 0.258. The SMILES string of the molecule is CCCn1ncc(Br)c1C(CC(C)OC)NC. The number of methoxy groups -OCH3 is 1. The van der Waals surface area contributed by atoms with Crippen LogP contribution >= 0.6 is 15.9 Å². The molecule has 0 spiro atoms. The van der Waals surface area contributed by atoms with Crippen molar-refractivity contribution in [2.45, 2.75) is 45.4 Å². The van der Waals surface area contributed by atoms with Crippen LogP contribution in [0.2, 0.25) is 0 Å². The average Bonchev–Trinajstić information content (AvgIpc) is 2.68. The molecule has 17 heavy (non-hydrogen) atoms. The monoisotopic (exact) mass is 303 g/mol. The van der Waals surface area contributed by atoms with E-state index in [-0.39, 0.29) is 12.1 Å². The number of aryl methyl sites for hydroxylation is 1. The highest BCUT2D eigenvalue weighted by Gasteiger charge is 2.20. The van der Waals surface area contributed by atoms with Gasteiger partial charge in [0.25, 0.3) is 0 Å². The zero-order chi connectivity index (χ0) is 12.8. The van der Waals surface area contributed by atoms with Gasteiger partial charge in [-0.05, 0) is 42.7 Å². The first-order valence-electron chi connectivity index (χ1n) is 6.05. The van der Waals surface area contributed by atoms with Crippen LogP contribution in [0.4, 0.5) is 0 Å². The minimum Gasteiger partial charge on any atom is -0.382 e. The molecule has 1 N–H and O–H groups in total. The molecule has 2 atom stereocenters. The predicted octanol–water partition coefficient (Wildman–Crippen LogP) is 2.74. The zero-order valence-corrected chi connectivity index (χ0v) is 12.6. The van der Waals surface area contributed by atoms with Crippen molar-refractivity contribution in [3.63, 3.8) is 0 Å². The summed E-state index contributed by atoms with van der Waals surface area (Å²) in [5.74, 6) is 0. The molecule has 0 fully saturated rings. The van der Waals surface area contributed by atoms with Crippen LogP contribution in [0.25, 0.3) is 0 Å². The van der Waals surface area contributed by atoms with Crippen LogP contribution in [0.15, 0.2) is 10.7 Å². The second-order valence-electron chi connectivity index (χ2n) is 4.22. The van der Waals surface area contributed by atoms with E-state index in [1.54, 1.807) is 7.11 Å². The molecule has 1 rings (SSSR count). The predicted molar refractivity (Wildman–Crippen MR) is 73.1 cm³/mol. The number of hydrogen-bond donors (Lipinski definition) is 1. The first kappa shape index (κ1) is 14.7. The number of aromatic nitrogens is 2. The highest BCUT2D eigenvalue weighted by molar-refractivity contribution is 9.10. The molecule has 0 bridgehead atoms. The Bertz CT molecular complexity index is 340. The maximum absolute atomic E-state index is 5.34. The molecule has 0 amide bonds. The molecule has 0 aliphatic carbocycles. The van der Waals surface area contributed by atoms with E-state index >= 15 is 0 Å². The van der Waals surface area contributed by atoms with Gasteiger partial charge in [0.15, 0.2) is 0 Å². The summed E-state index contributed by atoms with van der Waals surface area (Å²) in [6.07, 6.45) is 4.11. The molecule has 0 aliphatic rings. The van der Waals surface area contributed by atoms with Gasteiger partial charge in [-0.1, -0.05) is 6.92 Å². The molecule has 2 unspecified atom stereocenters. The summed E-state index contributed by atoms with van der Waals surface area (Å²) in [4.78, 5) is 0. The number of rotatable bonds is 7. The molecule has 0 saturated carbocycles. The van der Waals surface area contributed by atoms with E-state index in [0.717, 1.165) is 23.9 Å². The Morgan fingerprint density at radius 3 is 2.82 bits per heavy atom. The molecule has 1 aromatic heterocycles. The van der Waals surface area contributed by atoms with Crippen LogP contribution in [0.1, 0.15) is 38.4 Å². The first-order valence-corrected chi connectivity index (χ1v) is 6.84. The third-order valence-electron chi connectivity index (χ3n) is 2.92. The molecule has 5 heteroatoms. The largest absolute Gasteiger partial charge is 0.382 e. The molecule has 0 radical (unpaired) electrons. The standard InChI is InChI=1S/C12H22BrN3O/c1-5-6-16-12(10(13)8-15-16)11(14-3)7-9(2)17-4/h8-9,11,14H,5-7H2,1-4H3. The van der Waals surface area contributed by atoms with Crippen LogP contribution in [0.5, 0.6) is 0 Å². The van der Waals surface area contributed by atoms with E-state index in [1.165, 1.54) is 5.69 Å². The van der Waals surface area contributed by atoms with Crippen molar-refractivity contribution in [1.29, 1.82) is 0 Å². The Morgan fingerprint density at radius 1 is 1.59 bits per heavy atom. The van der Waals surface area contributed by atoms with E-state index in [1.807, 2.05) is 13.2 Å². The lowest BCUT2D eigenvalue weighted by molar-refractivity contribution is 0.100. The highest BCUT2D eigenvalue weighted by Crippen LogP contribution is 2.27. The molecular weight excluding hydrogens is 282 g/mol. The van der Waals surface area contributed by atoms with E-state index in [9.17, 15) is 0 Å². The lowest BCUT2D eigenvalue weighted by atomic mass is 10.1. The molecule has 98 valence electrons. The molecule has 0 saturated heterocycles. The fourth-order valence-electron chi connectivity index (χ4n) is 1.90. The summed E-state index contributed by atoms with van der Waals surface area (Å²) in [5, 5.41) is 7.73. The number of halogens is 1. The molecule has 1 heterocycles. The second-order valence-corrected chi connectivity index (χ2v) is 5.08. The second kappa shape index (κ2) is 7.13. The summed E-state index contributed by atoms with van der Waals surface area (Å²) < 4.78 is 8.46. The van der Waals surface area contributed by atoms with Gasteiger partial charge in [-0.15, -0.1) is 0 Å². The van der Waals surface area contributed by atoms with E-state index < -0.39 is 0 Å². The Balaban J connectivity index is 2.89. The van der Waals surface area contributed by atoms with Crippen molar-refractivity contribution < 1.29 is 4.74 Å². The summed E-state index contributed by atoms with van der Waals surface area (Å²) in [7, 11) is 3.72. The lowest BCUT2D eigenvalue weighted by Gasteiger charge is -2.21. The lowest BCUT2D eigenvalue weighted by Crippen LogP contribution is -2.25. The first-order chi connectivity index (χ1) is 8.13. The van der Waals surface area contributed by atoms with Crippen LogP contribution in [0.3, 0.4) is 0 Å². The van der Waals surface area contributed by atoms with Gasteiger partial charge in [-0.2, -0.15) is 5.10 Å². The quantitative estimate of drug-likeness (QED) is 0.842. The zero-order valence-electron chi connectivity index (χ0n) is 11.0. The van der Waals surface area contributed by atoms with Gasteiger partial charge in [0, 0.05) is 13.7 Å². The van der Waals surface area contributed by atoms with Gasteiger partial charge in [0.2, 0.25) is 0 Å². The molecular formula is C12H22BrN3O. The van der Waals surface area contributed by atoms with E-state index in [2.05, 4.69) is 44.9 Å². The normalized spacial score (nSPS) is 14.9. The van der Waals surface area contributed by atoms with Gasteiger partial charge >= 0.3 is 0 Å². The highest BCUT2D eigenvalue weighted by atomic mass is 79.9. The molecule has 1 aromatic rings. The Kier molecular flexibility index (Phi) is 6.16. The van der Waals surface area contributed by atoms with Crippen molar-refractivity contribution >= 4 is 15.9 Å². The molecule has 0 aliphatic heterocycles. The average molecular weight is 304 g/mol. The fraction of sp³-hybridized carbons (Fsp3) is 0.750. The number of hydrogen-bond acceptors (Lipinski definition) is 3. The number of nitrogens with one attached hydrogen (secondary N) is 1. The van der Waals surface area contributed by atoms with Gasteiger partial charge in [-0.3, -0.25) is 4.68 Å². The van der Waals surface area contributed by atoms with Crippen LogP contribution in [0, 0.1) is 0 Å². The van der Waals surface area contributed by atoms with Crippen molar-refractivity contribution in [3.05, 3.63) is 16.4 Å². The Hall–Kier alpha value is -0.390. The maximum Gasteiger partial charge on any atom is 0.0696 e. The van der Waals surface area contributed by atoms with Crippen molar-refractivity contribution in [2.24, 2.45) is 0 Å². The summed E-state index contributed by atoms with van der Waals surface area (Å²) in [6.45, 7) is 5.19. The van der Waals surface area contributed by atoms with Gasteiger partial charge < -0.3 is 10.1 Å². The summed E-state index contributed by atoms with van der Waals surface area (Å²) in [5.41, 5.74) is 1.21. The van der Waals surface area contributed by atoms with Crippen LogP contribution in [-0.4, -0.2) is 30.0 Å². The fourth-order valence-corrected chi connectivity index (χ4v) is 2.48. The van der Waals surface area contributed by atoms with Crippen molar-refractivity contribution in [2.75, 3.05) is 14.2 Å². The Labute approximate surface area is 112 Å². The number of nitrogens with zero attached hydrogens (tertiary/aromatic N) is 2. The van der Waals surface area contributed by atoms with Gasteiger partial charge in [-0.25, -0.2) is 0 Å². The Morgan fingerprint density at radius 2 is 2.29 bits per heavy atom. The van der Waals surface area contributed by atoms with Gasteiger partial charge in [0.05, 0.1) is 28.5 Å². The minimum atomic E-state index is 0.226. The molecule has 0 aromatic carbocycles. The topological polar surface area (TPSA) is 39.1 Å². The third-order valence-corrected chi connectivity index (χ3v) is 3.53. The maximum atomic E-state index is 5.34. The third kappa shape index (κ3) is 3.79. The van der Waals surface area contributed by atoms with E-state index in [4.69, 9.17) is 4.74 Å². The molecule has 4 nitrogen and oxygen atoms in total. The van der Waals surface area contributed by atoms with E-state index in [0.29, 0.717) is 0 Å². The minimum absolute atomic E-state index is 0.226. The van der Waals surface area contributed by atoms with Crippen LogP contribution < -0.4 is 5.32 Å². The van der Waals surface area contributed by atoms with Crippen LogP contribution in [-0.2, 0) is 11.3 Å². The van der Waals surface area contributed by atoms with Crippen molar-refractivity contribution in [1.82, 2.24) is 15.1 Å². The van der Waals surface area contributed by atoms with Gasteiger partial charge in [0.1, 0.15) is 0 Å². The smallest absolute Gasteiger partial charge is 0.0696 e. The van der Waals surface area contributed by atoms with Crippen molar-refractivity contribution in [3.8, 4) is 0 Å². The number of ether oxygens (including phenoxy) is 1.